The van der Waals surface area contributed by atoms with Gasteiger partial charge in [0, 0.05) is 22.5 Å². The summed E-state index contributed by atoms with van der Waals surface area (Å²) in [6, 6.07) is 8.48. The van der Waals surface area contributed by atoms with Crippen LogP contribution >= 0.6 is 0 Å². The highest BCUT2D eigenvalue weighted by molar-refractivity contribution is 5.84. The van der Waals surface area contributed by atoms with E-state index < -0.39 is 0 Å². The molecule has 1 aromatic carbocycles. The van der Waals surface area contributed by atoms with Gasteiger partial charge in [0.1, 0.15) is 0 Å². The van der Waals surface area contributed by atoms with Crippen LogP contribution in [0.2, 0.25) is 0 Å². The summed E-state index contributed by atoms with van der Waals surface area (Å²) in [5, 5.41) is 1.31. The van der Waals surface area contributed by atoms with Crippen molar-refractivity contribution in [2.24, 2.45) is 17.6 Å². The zero-order valence-corrected chi connectivity index (χ0v) is 11.6. The molecule has 3 heteroatoms. The Morgan fingerprint density at radius 2 is 2.05 bits per heavy atom. The van der Waals surface area contributed by atoms with Crippen LogP contribution in [0.3, 0.4) is 0 Å². The van der Waals surface area contributed by atoms with Crippen LogP contribution in [0.25, 0.3) is 10.9 Å². The second kappa shape index (κ2) is 4.66. The molecular weight excluding hydrogens is 236 g/mol. The van der Waals surface area contributed by atoms with E-state index in [1.807, 2.05) is 0 Å². The number of nitrogens with one attached hydrogen (secondary N) is 1. The number of hydrogen-bond acceptors (Lipinski definition) is 2. The van der Waals surface area contributed by atoms with Crippen molar-refractivity contribution in [3.05, 3.63) is 36.0 Å². The second-order valence-corrected chi connectivity index (χ2v) is 5.98. The van der Waals surface area contributed by atoms with Crippen molar-refractivity contribution in [1.29, 1.82) is 0 Å². The van der Waals surface area contributed by atoms with E-state index in [4.69, 9.17) is 10.5 Å². The summed E-state index contributed by atoms with van der Waals surface area (Å²) >= 11 is 0. The predicted octanol–water partition coefficient (Wildman–Crippen LogP) is 2.67. The Balaban J connectivity index is 2.11. The topological polar surface area (TPSA) is 51.0 Å². The molecule has 0 aliphatic carbocycles. The summed E-state index contributed by atoms with van der Waals surface area (Å²) in [5.41, 5.74) is 8.71. The van der Waals surface area contributed by atoms with Gasteiger partial charge in [-0.2, -0.15) is 0 Å². The first-order valence-electron chi connectivity index (χ1n) is 7.03. The first-order chi connectivity index (χ1) is 9.19. The SMILES string of the molecule is CC(C)C(CN)C1(c2c[nH]c3ccccc23)COC1. The Morgan fingerprint density at radius 1 is 1.32 bits per heavy atom. The molecule has 1 aromatic heterocycles. The molecule has 0 radical (unpaired) electrons. The molecule has 1 saturated heterocycles. The van der Waals surface area contributed by atoms with Crippen LogP contribution < -0.4 is 5.73 Å². The van der Waals surface area contributed by atoms with E-state index in [9.17, 15) is 0 Å². The highest BCUT2D eigenvalue weighted by Crippen LogP contribution is 2.45. The van der Waals surface area contributed by atoms with Gasteiger partial charge in [-0.3, -0.25) is 0 Å². The van der Waals surface area contributed by atoms with E-state index in [1.165, 1.54) is 16.5 Å². The van der Waals surface area contributed by atoms with Gasteiger partial charge >= 0.3 is 0 Å². The third kappa shape index (κ3) is 1.80. The van der Waals surface area contributed by atoms with Crippen LogP contribution in [0, 0.1) is 11.8 Å². The van der Waals surface area contributed by atoms with E-state index in [2.05, 4.69) is 49.3 Å². The van der Waals surface area contributed by atoms with Gasteiger partial charge in [0.25, 0.3) is 0 Å². The molecule has 0 spiro atoms. The summed E-state index contributed by atoms with van der Waals surface area (Å²) in [6.07, 6.45) is 2.15. The number of aromatic nitrogens is 1. The minimum absolute atomic E-state index is 0.0858. The van der Waals surface area contributed by atoms with Gasteiger partial charge in [0.05, 0.1) is 13.2 Å². The Bertz CT molecular complexity index is 569. The molecule has 0 bridgehead atoms. The molecule has 102 valence electrons. The maximum Gasteiger partial charge on any atom is 0.0589 e. The summed E-state index contributed by atoms with van der Waals surface area (Å²) in [7, 11) is 0. The van der Waals surface area contributed by atoms with Crippen molar-refractivity contribution in [2.75, 3.05) is 19.8 Å². The Morgan fingerprint density at radius 3 is 2.63 bits per heavy atom. The monoisotopic (exact) mass is 258 g/mol. The lowest BCUT2D eigenvalue weighted by atomic mass is 9.64. The molecule has 3 rings (SSSR count). The van der Waals surface area contributed by atoms with E-state index in [0.717, 1.165) is 13.2 Å². The summed E-state index contributed by atoms with van der Waals surface area (Å²) in [6.45, 7) is 6.79. The Hall–Kier alpha value is -1.32. The quantitative estimate of drug-likeness (QED) is 0.886. The first-order valence-corrected chi connectivity index (χ1v) is 7.03. The largest absolute Gasteiger partial charge is 0.379 e. The van der Waals surface area contributed by atoms with Gasteiger partial charge in [-0.05, 0) is 30.0 Å². The average Bonchev–Trinajstić information content (AvgIpc) is 2.77. The fourth-order valence-corrected chi connectivity index (χ4v) is 3.51. The van der Waals surface area contributed by atoms with Gasteiger partial charge in [-0.1, -0.05) is 32.0 Å². The van der Waals surface area contributed by atoms with Crippen LogP contribution in [0.1, 0.15) is 19.4 Å². The molecule has 1 unspecified atom stereocenters. The summed E-state index contributed by atoms with van der Waals surface area (Å²) in [4.78, 5) is 3.38. The number of hydrogen-bond donors (Lipinski definition) is 2. The number of para-hydroxylation sites is 1. The number of aromatic amines is 1. The molecule has 3 nitrogen and oxygen atoms in total. The van der Waals surface area contributed by atoms with Crippen molar-refractivity contribution in [3.63, 3.8) is 0 Å². The van der Waals surface area contributed by atoms with E-state index in [-0.39, 0.29) is 5.41 Å². The molecule has 3 N–H and O–H groups in total. The fourth-order valence-electron chi connectivity index (χ4n) is 3.51. The average molecular weight is 258 g/mol. The Kier molecular flexibility index (Phi) is 3.11. The minimum Gasteiger partial charge on any atom is -0.379 e. The molecule has 2 heterocycles. The van der Waals surface area contributed by atoms with E-state index in [0.29, 0.717) is 18.4 Å². The number of ether oxygens (including phenoxy) is 1. The smallest absolute Gasteiger partial charge is 0.0589 e. The third-order valence-corrected chi connectivity index (χ3v) is 4.61. The number of benzene rings is 1. The van der Waals surface area contributed by atoms with Gasteiger partial charge in [0.15, 0.2) is 0 Å². The van der Waals surface area contributed by atoms with Gasteiger partial charge < -0.3 is 15.5 Å². The molecule has 1 aliphatic heterocycles. The van der Waals surface area contributed by atoms with Crippen LogP contribution in [0.15, 0.2) is 30.5 Å². The van der Waals surface area contributed by atoms with Crippen LogP contribution in [-0.4, -0.2) is 24.7 Å². The molecule has 2 aromatic rings. The standard InChI is InChI=1S/C16H22N2O/c1-11(2)13(7-17)16(9-19-10-16)14-8-18-15-6-4-3-5-12(14)15/h3-6,8,11,13,18H,7,9-10,17H2,1-2H3. The summed E-state index contributed by atoms with van der Waals surface area (Å²) < 4.78 is 5.57. The minimum atomic E-state index is 0.0858. The van der Waals surface area contributed by atoms with E-state index >= 15 is 0 Å². The number of H-pyrrole nitrogens is 1. The lowest BCUT2D eigenvalue weighted by molar-refractivity contribution is -0.0974. The number of nitrogens with two attached hydrogens (primary N) is 1. The number of rotatable bonds is 4. The first kappa shape index (κ1) is 12.7. The van der Waals surface area contributed by atoms with Gasteiger partial charge in [0.2, 0.25) is 0 Å². The van der Waals surface area contributed by atoms with Crippen LogP contribution in [0.4, 0.5) is 0 Å². The lowest BCUT2D eigenvalue weighted by Crippen LogP contribution is -2.56. The van der Waals surface area contributed by atoms with Crippen molar-refractivity contribution in [1.82, 2.24) is 4.98 Å². The van der Waals surface area contributed by atoms with Gasteiger partial charge in [-0.15, -0.1) is 0 Å². The van der Waals surface area contributed by atoms with E-state index in [1.54, 1.807) is 0 Å². The Labute approximate surface area is 114 Å². The number of fused-ring (bicyclic) bond motifs is 1. The summed E-state index contributed by atoms with van der Waals surface area (Å²) in [5.74, 6) is 1.02. The van der Waals surface area contributed by atoms with Crippen molar-refractivity contribution in [2.45, 2.75) is 19.3 Å². The lowest BCUT2D eigenvalue weighted by Gasteiger charge is -2.48. The maximum absolute atomic E-state index is 6.05. The highest BCUT2D eigenvalue weighted by atomic mass is 16.5. The molecule has 1 aliphatic rings. The normalized spacial score (nSPS) is 19.6. The van der Waals surface area contributed by atoms with Crippen molar-refractivity contribution >= 4 is 10.9 Å². The third-order valence-electron chi connectivity index (χ3n) is 4.61. The zero-order valence-electron chi connectivity index (χ0n) is 11.6. The molecule has 1 fully saturated rings. The maximum atomic E-state index is 6.05. The molecular formula is C16H22N2O. The van der Waals surface area contributed by atoms with Crippen molar-refractivity contribution in [3.8, 4) is 0 Å². The predicted molar refractivity (Wildman–Crippen MR) is 78.2 cm³/mol. The molecule has 19 heavy (non-hydrogen) atoms. The molecule has 0 saturated carbocycles. The highest BCUT2D eigenvalue weighted by Gasteiger charge is 2.48. The molecule has 1 atom stereocenters. The zero-order chi connectivity index (χ0) is 13.5. The fraction of sp³-hybridized carbons (Fsp3) is 0.500. The second-order valence-electron chi connectivity index (χ2n) is 5.98. The molecule has 0 amide bonds. The van der Waals surface area contributed by atoms with Crippen molar-refractivity contribution < 1.29 is 4.74 Å². The van der Waals surface area contributed by atoms with Gasteiger partial charge in [-0.25, -0.2) is 0 Å². The van der Waals surface area contributed by atoms with Crippen LogP contribution in [0.5, 0.6) is 0 Å². The van der Waals surface area contributed by atoms with Crippen LogP contribution in [-0.2, 0) is 10.2 Å².